The number of hydrogen-bond acceptors (Lipinski definition) is 5. The number of aromatic nitrogens is 5. The van der Waals surface area contributed by atoms with Crippen LogP contribution in [0.2, 0.25) is 0 Å². The quantitative estimate of drug-likeness (QED) is 0.455. The minimum Gasteiger partial charge on any atom is -0.504 e. The van der Waals surface area contributed by atoms with Crippen LogP contribution in [0.25, 0.3) is 44.8 Å². The van der Waals surface area contributed by atoms with Gasteiger partial charge in [-0.3, -0.25) is 5.10 Å². The van der Waals surface area contributed by atoms with Crippen LogP contribution in [0.5, 0.6) is 11.5 Å². The first-order chi connectivity index (χ1) is 13.2. The molecule has 7 nitrogen and oxygen atoms in total. The summed E-state index contributed by atoms with van der Waals surface area (Å²) in [7, 11) is 1.52. The fourth-order valence-electron chi connectivity index (χ4n) is 3.15. The van der Waals surface area contributed by atoms with Crippen LogP contribution < -0.4 is 4.74 Å². The van der Waals surface area contributed by atoms with E-state index in [4.69, 9.17) is 4.74 Å². The van der Waals surface area contributed by atoms with Gasteiger partial charge in [-0.05, 0) is 42.5 Å². The van der Waals surface area contributed by atoms with E-state index in [1.54, 1.807) is 18.2 Å². The molecule has 0 saturated carbocycles. The first-order valence-electron chi connectivity index (χ1n) is 8.40. The lowest BCUT2D eigenvalue weighted by atomic mass is 10.1. The predicted molar refractivity (Wildman–Crippen MR) is 103 cm³/mol. The first-order valence-corrected chi connectivity index (χ1v) is 8.40. The van der Waals surface area contributed by atoms with Gasteiger partial charge in [0.1, 0.15) is 5.69 Å². The summed E-state index contributed by atoms with van der Waals surface area (Å²) in [5, 5.41) is 18.0. The SMILES string of the molecule is COc1cc(-c2ccc3c(-c4nc5ccccc5[nH]4)[nH]nc3n2)ccc1O. The summed E-state index contributed by atoms with van der Waals surface area (Å²) < 4.78 is 5.17. The Morgan fingerprint density at radius 1 is 1.00 bits per heavy atom. The number of hydrogen-bond donors (Lipinski definition) is 3. The van der Waals surface area contributed by atoms with Crippen molar-refractivity contribution in [3.05, 3.63) is 54.6 Å². The number of aromatic amines is 2. The minimum atomic E-state index is 0.0919. The van der Waals surface area contributed by atoms with Gasteiger partial charge in [0, 0.05) is 10.9 Å². The number of ether oxygens (including phenoxy) is 1. The molecule has 3 aromatic heterocycles. The van der Waals surface area contributed by atoms with E-state index in [1.165, 1.54) is 7.11 Å². The van der Waals surface area contributed by atoms with Crippen molar-refractivity contribution in [3.8, 4) is 34.3 Å². The molecule has 132 valence electrons. The molecule has 0 fully saturated rings. The van der Waals surface area contributed by atoms with Crippen molar-refractivity contribution >= 4 is 22.1 Å². The number of phenols is 1. The van der Waals surface area contributed by atoms with Crippen molar-refractivity contribution in [2.24, 2.45) is 0 Å². The molecule has 7 heteroatoms. The molecule has 3 N–H and O–H groups in total. The zero-order valence-corrected chi connectivity index (χ0v) is 14.4. The monoisotopic (exact) mass is 357 g/mol. The minimum absolute atomic E-state index is 0.0919. The van der Waals surface area contributed by atoms with E-state index in [1.807, 2.05) is 36.4 Å². The molecule has 3 heterocycles. The maximum Gasteiger partial charge on any atom is 0.182 e. The highest BCUT2D eigenvalue weighted by Gasteiger charge is 2.14. The number of methoxy groups -OCH3 is 1. The number of aromatic hydroxyl groups is 1. The second kappa shape index (κ2) is 5.84. The van der Waals surface area contributed by atoms with E-state index in [2.05, 4.69) is 25.1 Å². The largest absolute Gasteiger partial charge is 0.504 e. The van der Waals surface area contributed by atoms with E-state index in [-0.39, 0.29) is 5.75 Å². The third-order valence-electron chi connectivity index (χ3n) is 4.52. The van der Waals surface area contributed by atoms with Gasteiger partial charge in [0.2, 0.25) is 0 Å². The summed E-state index contributed by atoms with van der Waals surface area (Å²) in [5.74, 6) is 1.22. The second-order valence-electron chi connectivity index (χ2n) is 6.16. The van der Waals surface area contributed by atoms with Crippen LogP contribution in [0.15, 0.2) is 54.6 Å². The molecule has 0 amide bonds. The van der Waals surface area contributed by atoms with Crippen molar-refractivity contribution < 1.29 is 9.84 Å². The highest BCUT2D eigenvalue weighted by atomic mass is 16.5. The number of fused-ring (bicyclic) bond motifs is 2. The molecular formula is C20H15N5O2. The number of H-pyrrole nitrogens is 2. The fraction of sp³-hybridized carbons (Fsp3) is 0.0500. The third kappa shape index (κ3) is 2.48. The normalized spacial score (nSPS) is 11.3. The van der Waals surface area contributed by atoms with E-state index >= 15 is 0 Å². The number of nitrogens with zero attached hydrogens (tertiary/aromatic N) is 3. The lowest BCUT2D eigenvalue weighted by Gasteiger charge is -2.06. The number of nitrogens with one attached hydrogen (secondary N) is 2. The summed E-state index contributed by atoms with van der Waals surface area (Å²) in [4.78, 5) is 12.6. The number of benzene rings is 2. The molecule has 0 aliphatic rings. The highest BCUT2D eigenvalue weighted by Crippen LogP contribution is 2.32. The van der Waals surface area contributed by atoms with Crippen molar-refractivity contribution in [1.29, 1.82) is 0 Å². The molecule has 0 aliphatic heterocycles. The number of phenolic OH excluding ortho intramolecular Hbond substituents is 1. The van der Waals surface area contributed by atoms with Gasteiger partial charge in [0.05, 0.1) is 23.8 Å². The Hall–Kier alpha value is -3.87. The van der Waals surface area contributed by atoms with Gasteiger partial charge in [0.15, 0.2) is 23.0 Å². The summed E-state index contributed by atoms with van der Waals surface area (Å²) in [6.07, 6.45) is 0. The van der Waals surface area contributed by atoms with Crippen LogP contribution in [0.1, 0.15) is 0 Å². The summed E-state index contributed by atoms with van der Waals surface area (Å²) in [6, 6.07) is 16.9. The lowest BCUT2D eigenvalue weighted by molar-refractivity contribution is 0.373. The molecule has 0 radical (unpaired) electrons. The van der Waals surface area contributed by atoms with Gasteiger partial charge >= 0.3 is 0 Å². The van der Waals surface area contributed by atoms with E-state index in [0.717, 1.165) is 39.2 Å². The average molecular weight is 357 g/mol. The molecule has 0 atom stereocenters. The van der Waals surface area contributed by atoms with Gasteiger partial charge in [-0.25, -0.2) is 9.97 Å². The molecule has 5 rings (SSSR count). The smallest absolute Gasteiger partial charge is 0.182 e. The van der Waals surface area contributed by atoms with E-state index in [0.29, 0.717) is 11.4 Å². The van der Waals surface area contributed by atoms with Crippen LogP contribution in [-0.4, -0.2) is 37.4 Å². The Labute approximate surface area is 153 Å². The number of pyridine rings is 1. The standard InChI is InChI=1S/C20H15N5O2/c1-27-17-10-11(6-9-16(17)26)13-8-7-12-18(24-25-19(12)21-13)20-22-14-4-2-3-5-15(14)23-20/h2-10,26H,1H3,(H,22,23)(H,21,24,25). The molecule has 0 unspecified atom stereocenters. The molecule has 0 saturated heterocycles. The Balaban J connectivity index is 1.60. The topological polar surface area (TPSA) is 99.7 Å². The average Bonchev–Trinajstić information content (AvgIpc) is 3.31. The highest BCUT2D eigenvalue weighted by molar-refractivity contribution is 5.92. The van der Waals surface area contributed by atoms with Crippen molar-refractivity contribution in [3.63, 3.8) is 0 Å². The van der Waals surface area contributed by atoms with Crippen LogP contribution >= 0.6 is 0 Å². The molecule has 0 aliphatic carbocycles. The molecule has 27 heavy (non-hydrogen) atoms. The van der Waals surface area contributed by atoms with Crippen LogP contribution in [0.4, 0.5) is 0 Å². The molecule has 5 aromatic rings. The second-order valence-corrected chi connectivity index (χ2v) is 6.16. The number of rotatable bonds is 3. The van der Waals surface area contributed by atoms with Gasteiger partial charge in [-0.2, -0.15) is 5.10 Å². The zero-order chi connectivity index (χ0) is 18.4. The van der Waals surface area contributed by atoms with Crippen LogP contribution in [-0.2, 0) is 0 Å². The molecular weight excluding hydrogens is 342 g/mol. The maximum atomic E-state index is 9.77. The van der Waals surface area contributed by atoms with Crippen molar-refractivity contribution in [1.82, 2.24) is 25.1 Å². The maximum absolute atomic E-state index is 9.77. The number of imidazole rings is 1. The van der Waals surface area contributed by atoms with Crippen LogP contribution in [0.3, 0.4) is 0 Å². The van der Waals surface area contributed by atoms with Crippen LogP contribution in [0, 0.1) is 0 Å². The fourth-order valence-corrected chi connectivity index (χ4v) is 3.15. The Morgan fingerprint density at radius 2 is 1.89 bits per heavy atom. The zero-order valence-electron chi connectivity index (χ0n) is 14.4. The molecule has 0 bridgehead atoms. The number of para-hydroxylation sites is 2. The first kappa shape index (κ1) is 15.4. The Morgan fingerprint density at radius 3 is 2.74 bits per heavy atom. The van der Waals surface area contributed by atoms with E-state index in [9.17, 15) is 5.11 Å². The summed E-state index contributed by atoms with van der Waals surface area (Å²) in [5.41, 5.74) is 4.83. The molecule has 0 spiro atoms. The van der Waals surface area contributed by atoms with Gasteiger partial charge < -0.3 is 14.8 Å². The summed E-state index contributed by atoms with van der Waals surface area (Å²) >= 11 is 0. The van der Waals surface area contributed by atoms with E-state index < -0.39 is 0 Å². The van der Waals surface area contributed by atoms with Crippen molar-refractivity contribution in [2.75, 3.05) is 7.11 Å². The predicted octanol–water partition coefficient (Wildman–Crippen LogP) is 3.88. The van der Waals surface area contributed by atoms with Gasteiger partial charge in [-0.1, -0.05) is 12.1 Å². The molecule has 2 aromatic carbocycles. The van der Waals surface area contributed by atoms with Crippen molar-refractivity contribution in [2.45, 2.75) is 0 Å². The third-order valence-corrected chi connectivity index (χ3v) is 4.52. The summed E-state index contributed by atoms with van der Waals surface area (Å²) in [6.45, 7) is 0. The Bertz CT molecular complexity index is 1260. The lowest BCUT2D eigenvalue weighted by Crippen LogP contribution is -1.88. The van der Waals surface area contributed by atoms with Gasteiger partial charge in [-0.15, -0.1) is 0 Å². The van der Waals surface area contributed by atoms with Gasteiger partial charge in [0.25, 0.3) is 0 Å². The Kier molecular flexibility index (Phi) is 3.33.